The van der Waals surface area contributed by atoms with Gasteiger partial charge in [-0.1, -0.05) is 17.7 Å². The lowest BCUT2D eigenvalue weighted by atomic mass is 10.3. The monoisotopic (exact) mass is 239 g/mol. The fourth-order valence-corrected chi connectivity index (χ4v) is 1.94. The van der Waals surface area contributed by atoms with E-state index < -0.39 is 0 Å². The summed E-state index contributed by atoms with van der Waals surface area (Å²) in [7, 11) is 1.69. The Bertz CT molecular complexity index is 495. The highest BCUT2D eigenvalue weighted by Gasteiger charge is 2.09. The van der Waals surface area contributed by atoms with Gasteiger partial charge >= 0.3 is 0 Å². The molecule has 0 saturated carbocycles. The molecule has 2 N–H and O–H groups in total. The minimum atomic E-state index is 0.499. The van der Waals surface area contributed by atoms with Crippen molar-refractivity contribution >= 4 is 28.6 Å². The molecule has 0 bridgehead atoms. The molecule has 5 heteroatoms. The molecule has 0 amide bonds. The Labute approximate surface area is 99.0 Å². The number of ether oxygens (including phenoxy) is 1. The van der Waals surface area contributed by atoms with E-state index in [0.29, 0.717) is 17.6 Å². The van der Waals surface area contributed by atoms with E-state index in [1.807, 2.05) is 22.8 Å². The molecule has 0 atom stereocenters. The third kappa shape index (κ3) is 1.99. The van der Waals surface area contributed by atoms with Crippen LogP contribution in [0.3, 0.4) is 0 Å². The van der Waals surface area contributed by atoms with Crippen molar-refractivity contribution in [3.63, 3.8) is 0 Å². The van der Waals surface area contributed by atoms with Crippen LogP contribution in [0.15, 0.2) is 18.2 Å². The molecule has 2 rings (SSSR count). The molecule has 0 spiro atoms. The minimum absolute atomic E-state index is 0.499. The molecule has 16 heavy (non-hydrogen) atoms. The van der Waals surface area contributed by atoms with Gasteiger partial charge in [-0.05, 0) is 18.6 Å². The Morgan fingerprint density at radius 1 is 1.50 bits per heavy atom. The number of rotatable bonds is 4. The van der Waals surface area contributed by atoms with E-state index in [2.05, 4.69) is 4.98 Å². The van der Waals surface area contributed by atoms with Crippen molar-refractivity contribution in [3.8, 4) is 0 Å². The highest BCUT2D eigenvalue weighted by Crippen LogP contribution is 2.24. The number of hydrogen-bond acceptors (Lipinski definition) is 3. The molecule has 0 aliphatic heterocycles. The second kappa shape index (κ2) is 4.72. The number of aryl methyl sites for hydroxylation is 1. The lowest BCUT2D eigenvalue weighted by molar-refractivity contribution is 0.191. The summed E-state index contributed by atoms with van der Waals surface area (Å²) in [6.07, 6.45) is 0.901. The van der Waals surface area contributed by atoms with E-state index in [-0.39, 0.29) is 0 Å². The van der Waals surface area contributed by atoms with Gasteiger partial charge in [0.2, 0.25) is 5.95 Å². The third-order valence-corrected chi connectivity index (χ3v) is 2.79. The van der Waals surface area contributed by atoms with Crippen LogP contribution in [0.5, 0.6) is 0 Å². The van der Waals surface area contributed by atoms with Crippen LogP contribution in [0.25, 0.3) is 11.0 Å². The minimum Gasteiger partial charge on any atom is -0.385 e. The molecule has 0 aliphatic carbocycles. The van der Waals surface area contributed by atoms with Gasteiger partial charge in [0.15, 0.2) is 0 Å². The lowest BCUT2D eigenvalue weighted by Gasteiger charge is -2.05. The molecule has 86 valence electrons. The van der Waals surface area contributed by atoms with Crippen molar-refractivity contribution < 1.29 is 4.74 Å². The number of imidazole rings is 1. The van der Waals surface area contributed by atoms with Crippen molar-refractivity contribution in [1.29, 1.82) is 0 Å². The third-order valence-electron chi connectivity index (χ3n) is 2.49. The van der Waals surface area contributed by atoms with Crippen LogP contribution in [-0.4, -0.2) is 23.3 Å². The fourth-order valence-electron chi connectivity index (χ4n) is 1.73. The predicted molar refractivity (Wildman–Crippen MR) is 65.6 cm³/mol. The van der Waals surface area contributed by atoms with Crippen molar-refractivity contribution in [2.45, 2.75) is 13.0 Å². The van der Waals surface area contributed by atoms with Crippen LogP contribution in [0.1, 0.15) is 6.42 Å². The van der Waals surface area contributed by atoms with Crippen LogP contribution in [0.2, 0.25) is 5.02 Å². The standard InChI is InChI=1S/C11H14ClN3O/c1-16-7-3-6-15-9-5-2-4-8(12)10(9)14-11(15)13/h2,4-5H,3,6-7H2,1H3,(H2,13,14). The quantitative estimate of drug-likeness (QED) is 0.833. The average molecular weight is 240 g/mol. The molecule has 1 aromatic heterocycles. The smallest absolute Gasteiger partial charge is 0.201 e. The van der Waals surface area contributed by atoms with Crippen LogP contribution in [0.4, 0.5) is 5.95 Å². The van der Waals surface area contributed by atoms with Gasteiger partial charge in [-0.3, -0.25) is 0 Å². The van der Waals surface area contributed by atoms with E-state index >= 15 is 0 Å². The predicted octanol–water partition coefficient (Wildman–Crippen LogP) is 2.31. The van der Waals surface area contributed by atoms with Crippen LogP contribution >= 0.6 is 11.6 Å². The number of halogens is 1. The lowest BCUT2D eigenvalue weighted by Crippen LogP contribution is -2.05. The molecule has 0 aliphatic rings. The Hall–Kier alpha value is -1.26. The van der Waals surface area contributed by atoms with E-state index in [4.69, 9.17) is 22.1 Å². The number of nitrogens with zero attached hydrogens (tertiary/aromatic N) is 2. The maximum atomic E-state index is 6.05. The summed E-state index contributed by atoms with van der Waals surface area (Å²) < 4.78 is 6.97. The van der Waals surface area contributed by atoms with Crippen molar-refractivity contribution in [2.24, 2.45) is 0 Å². The molecule has 0 unspecified atom stereocenters. The van der Waals surface area contributed by atoms with Crippen molar-refractivity contribution in [1.82, 2.24) is 9.55 Å². The molecule has 0 radical (unpaired) electrons. The molecule has 2 aromatic rings. The second-order valence-electron chi connectivity index (χ2n) is 3.58. The van der Waals surface area contributed by atoms with Gasteiger partial charge in [0.05, 0.1) is 10.5 Å². The molecular formula is C11H14ClN3O. The van der Waals surface area contributed by atoms with Gasteiger partial charge in [-0.25, -0.2) is 4.98 Å². The van der Waals surface area contributed by atoms with E-state index in [1.165, 1.54) is 0 Å². The number of fused-ring (bicyclic) bond motifs is 1. The highest BCUT2D eigenvalue weighted by atomic mass is 35.5. The normalized spacial score (nSPS) is 11.1. The van der Waals surface area contributed by atoms with Gasteiger partial charge in [0.1, 0.15) is 5.52 Å². The molecular weight excluding hydrogens is 226 g/mol. The largest absolute Gasteiger partial charge is 0.385 e. The number of nitrogen functional groups attached to an aromatic ring is 1. The zero-order chi connectivity index (χ0) is 11.5. The summed E-state index contributed by atoms with van der Waals surface area (Å²) in [5.41, 5.74) is 7.59. The first kappa shape index (κ1) is 11.2. The second-order valence-corrected chi connectivity index (χ2v) is 3.98. The fraction of sp³-hybridized carbons (Fsp3) is 0.364. The summed E-state index contributed by atoms with van der Waals surface area (Å²) >= 11 is 6.05. The first-order chi connectivity index (χ1) is 7.74. The van der Waals surface area contributed by atoms with Gasteiger partial charge in [-0.15, -0.1) is 0 Å². The number of hydrogen-bond donors (Lipinski definition) is 1. The number of benzene rings is 1. The van der Waals surface area contributed by atoms with Crippen molar-refractivity contribution in [2.75, 3.05) is 19.5 Å². The van der Waals surface area contributed by atoms with Crippen LogP contribution in [0, 0.1) is 0 Å². The van der Waals surface area contributed by atoms with E-state index in [1.54, 1.807) is 7.11 Å². The van der Waals surface area contributed by atoms with Gasteiger partial charge in [-0.2, -0.15) is 0 Å². The Morgan fingerprint density at radius 2 is 2.31 bits per heavy atom. The van der Waals surface area contributed by atoms with Gasteiger partial charge < -0.3 is 15.0 Å². The number of nitrogens with two attached hydrogens (primary N) is 1. The van der Waals surface area contributed by atoms with Crippen molar-refractivity contribution in [3.05, 3.63) is 23.2 Å². The Kier molecular flexibility index (Phi) is 3.31. The molecule has 4 nitrogen and oxygen atoms in total. The summed E-state index contributed by atoms with van der Waals surface area (Å²) in [6, 6.07) is 5.69. The zero-order valence-electron chi connectivity index (χ0n) is 9.11. The zero-order valence-corrected chi connectivity index (χ0v) is 9.87. The Morgan fingerprint density at radius 3 is 3.06 bits per heavy atom. The van der Waals surface area contributed by atoms with Gasteiger partial charge in [0.25, 0.3) is 0 Å². The molecule has 0 fully saturated rings. The summed E-state index contributed by atoms with van der Waals surface area (Å²) in [5, 5.41) is 0.634. The first-order valence-corrected chi connectivity index (χ1v) is 5.51. The molecule has 1 aromatic carbocycles. The summed E-state index contributed by atoms with van der Waals surface area (Å²) in [5.74, 6) is 0.499. The maximum absolute atomic E-state index is 6.05. The number of anilines is 1. The number of methoxy groups -OCH3 is 1. The van der Waals surface area contributed by atoms with Crippen LogP contribution < -0.4 is 5.73 Å². The average Bonchev–Trinajstić information content (AvgIpc) is 2.58. The van der Waals surface area contributed by atoms with E-state index in [9.17, 15) is 0 Å². The number of aromatic nitrogens is 2. The molecule has 1 heterocycles. The summed E-state index contributed by atoms with van der Waals surface area (Å²) in [4.78, 5) is 4.26. The number of para-hydroxylation sites is 1. The topological polar surface area (TPSA) is 53.1 Å². The van der Waals surface area contributed by atoms with E-state index in [0.717, 1.165) is 24.0 Å². The Balaban J connectivity index is 2.36. The van der Waals surface area contributed by atoms with Gasteiger partial charge in [0, 0.05) is 20.3 Å². The molecule has 0 saturated heterocycles. The SMILES string of the molecule is COCCCn1c(N)nc2c(Cl)cccc21. The first-order valence-electron chi connectivity index (χ1n) is 5.13. The maximum Gasteiger partial charge on any atom is 0.201 e. The van der Waals surface area contributed by atoms with Crippen LogP contribution in [-0.2, 0) is 11.3 Å². The summed E-state index contributed by atoms with van der Waals surface area (Å²) in [6.45, 7) is 1.50. The highest BCUT2D eigenvalue weighted by molar-refractivity contribution is 6.35.